The normalized spacial score (nSPS) is 10.7. The molecule has 1 N–H and O–H groups in total. The lowest BCUT2D eigenvalue weighted by Crippen LogP contribution is -2.20. The van der Waals surface area contributed by atoms with Crippen LogP contribution in [0.3, 0.4) is 0 Å². The molecule has 2 aromatic rings. The molecular formula is C23H31NO3. The zero-order chi connectivity index (χ0) is 19.6. The molecule has 2 aromatic carbocycles. The first kappa shape index (κ1) is 20.8. The summed E-state index contributed by atoms with van der Waals surface area (Å²) in [6.45, 7) is 9.13. The highest BCUT2D eigenvalue weighted by molar-refractivity contribution is 5.91. The number of amides is 1. The van der Waals surface area contributed by atoms with Crippen molar-refractivity contribution >= 4 is 11.6 Å². The van der Waals surface area contributed by atoms with E-state index >= 15 is 0 Å². The summed E-state index contributed by atoms with van der Waals surface area (Å²) < 4.78 is 11.5. The van der Waals surface area contributed by atoms with E-state index in [1.54, 1.807) is 0 Å². The fourth-order valence-corrected chi connectivity index (χ4v) is 2.76. The number of aryl methyl sites for hydroxylation is 1. The minimum absolute atomic E-state index is 0.0154. The van der Waals surface area contributed by atoms with Gasteiger partial charge in [0.25, 0.3) is 5.91 Å². The van der Waals surface area contributed by atoms with E-state index in [2.05, 4.69) is 38.2 Å². The highest BCUT2D eigenvalue weighted by Gasteiger charge is 2.10. The molecule has 4 heteroatoms. The molecule has 0 aliphatic heterocycles. The van der Waals surface area contributed by atoms with E-state index in [1.165, 1.54) is 12.8 Å². The maximum absolute atomic E-state index is 12.2. The van der Waals surface area contributed by atoms with Crippen molar-refractivity contribution in [2.45, 2.75) is 52.9 Å². The molecule has 0 heterocycles. The number of benzene rings is 2. The summed E-state index contributed by atoms with van der Waals surface area (Å²) in [6.07, 6.45) is 3.41. The van der Waals surface area contributed by atoms with Crippen molar-refractivity contribution in [2.24, 2.45) is 0 Å². The Hall–Kier alpha value is -2.49. The van der Waals surface area contributed by atoms with Gasteiger partial charge < -0.3 is 14.8 Å². The molecule has 0 unspecified atom stereocenters. The maximum Gasteiger partial charge on any atom is 0.262 e. The van der Waals surface area contributed by atoms with Crippen molar-refractivity contribution in [1.82, 2.24) is 0 Å². The second-order valence-electron chi connectivity index (χ2n) is 7.11. The number of hydrogen-bond donors (Lipinski definition) is 1. The quantitative estimate of drug-likeness (QED) is 0.546. The van der Waals surface area contributed by atoms with E-state index in [0.29, 0.717) is 5.92 Å². The van der Waals surface area contributed by atoms with E-state index in [4.69, 9.17) is 9.47 Å². The molecule has 0 saturated heterocycles. The molecule has 0 aliphatic carbocycles. The van der Waals surface area contributed by atoms with E-state index in [1.807, 2.05) is 37.3 Å². The van der Waals surface area contributed by atoms with Crippen molar-refractivity contribution in [1.29, 1.82) is 0 Å². The Bertz CT molecular complexity index is 723. The summed E-state index contributed by atoms with van der Waals surface area (Å²) in [7, 11) is 0. The first-order valence-corrected chi connectivity index (χ1v) is 9.75. The molecule has 0 saturated carbocycles. The minimum atomic E-state index is -0.178. The zero-order valence-electron chi connectivity index (χ0n) is 16.9. The van der Waals surface area contributed by atoms with Crippen molar-refractivity contribution in [3.63, 3.8) is 0 Å². The van der Waals surface area contributed by atoms with E-state index in [-0.39, 0.29) is 12.5 Å². The molecule has 0 spiro atoms. The summed E-state index contributed by atoms with van der Waals surface area (Å²) in [6, 6.07) is 13.5. The summed E-state index contributed by atoms with van der Waals surface area (Å²) in [5.41, 5.74) is 2.96. The number of ether oxygens (including phenoxy) is 2. The summed E-state index contributed by atoms with van der Waals surface area (Å²) >= 11 is 0. The van der Waals surface area contributed by atoms with Crippen molar-refractivity contribution in [2.75, 3.05) is 18.5 Å². The summed E-state index contributed by atoms with van der Waals surface area (Å²) in [5.74, 6) is 1.76. The van der Waals surface area contributed by atoms with Gasteiger partial charge in [-0.2, -0.15) is 0 Å². The maximum atomic E-state index is 12.2. The van der Waals surface area contributed by atoms with Crippen LogP contribution in [-0.4, -0.2) is 19.1 Å². The smallest absolute Gasteiger partial charge is 0.262 e. The third-order valence-electron chi connectivity index (χ3n) is 4.30. The van der Waals surface area contributed by atoms with E-state index < -0.39 is 0 Å². The largest absolute Gasteiger partial charge is 0.494 e. The van der Waals surface area contributed by atoms with E-state index in [9.17, 15) is 4.79 Å². The number of unbranched alkanes of at least 4 members (excludes halogenated alkanes) is 2. The Labute approximate surface area is 162 Å². The average Bonchev–Trinajstić information content (AvgIpc) is 2.64. The minimum Gasteiger partial charge on any atom is -0.494 e. The molecule has 0 aromatic heterocycles. The lowest BCUT2D eigenvalue weighted by atomic mass is 10.0. The van der Waals surface area contributed by atoms with Gasteiger partial charge in [0, 0.05) is 5.69 Å². The first-order valence-electron chi connectivity index (χ1n) is 9.75. The van der Waals surface area contributed by atoms with Gasteiger partial charge in [0.1, 0.15) is 11.5 Å². The first-order chi connectivity index (χ1) is 13.0. The van der Waals surface area contributed by atoms with Gasteiger partial charge in [0.2, 0.25) is 0 Å². The zero-order valence-corrected chi connectivity index (χ0v) is 16.9. The Morgan fingerprint density at radius 2 is 1.78 bits per heavy atom. The number of nitrogens with one attached hydrogen (secondary N) is 1. The van der Waals surface area contributed by atoms with E-state index in [0.717, 1.165) is 41.3 Å². The monoisotopic (exact) mass is 369 g/mol. The average molecular weight is 370 g/mol. The molecular weight excluding hydrogens is 338 g/mol. The van der Waals surface area contributed by atoms with Crippen LogP contribution in [0.4, 0.5) is 5.69 Å². The Morgan fingerprint density at radius 3 is 2.44 bits per heavy atom. The number of carbonyl (C=O) groups is 1. The Morgan fingerprint density at radius 1 is 1.04 bits per heavy atom. The molecule has 0 aliphatic rings. The van der Waals surface area contributed by atoms with Crippen molar-refractivity contribution in [3.05, 3.63) is 53.6 Å². The predicted octanol–water partition coefficient (Wildman–Crippen LogP) is 5.70. The van der Waals surface area contributed by atoms with Gasteiger partial charge in [0.15, 0.2) is 6.61 Å². The lowest BCUT2D eigenvalue weighted by Gasteiger charge is -2.15. The third-order valence-corrected chi connectivity index (χ3v) is 4.30. The summed E-state index contributed by atoms with van der Waals surface area (Å²) in [4.78, 5) is 12.2. The molecule has 0 atom stereocenters. The van der Waals surface area contributed by atoms with Crippen molar-refractivity contribution in [3.8, 4) is 11.5 Å². The second-order valence-corrected chi connectivity index (χ2v) is 7.11. The van der Waals surface area contributed by atoms with Gasteiger partial charge in [-0.25, -0.2) is 0 Å². The van der Waals surface area contributed by atoms with Gasteiger partial charge in [-0.1, -0.05) is 45.7 Å². The van der Waals surface area contributed by atoms with Gasteiger partial charge >= 0.3 is 0 Å². The van der Waals surface area contributed by atoms with Crippen LogP contribution in [-0.2, 0) is 4.79 Å². The topological polar surface area (TPSA) is 47.6 Å². The number of rotatable bonds is 10. The van der Waals surface area contributed by atoms with Crippen LogP contribution in [0.2, 0.25) is 0 Å². The fraction of sp³-hybridized carbons (Fsp3) is 0.435. The molecule has 146 valence electrons. The molecule has 0 fully saturated rings. The molecule has 2 rings (SSSR count). The standard InChI is InChI=1S/C23H31NO3/c1-5-6-7-14-26-20-11-9-19(10-12-20)24-23(25)16-27-22-15-18(4)8-13-21(22)17(2)3/h8-13,15,17H,5-7,14,16H2,1-4H3,(H,24,25). The highest BCUT2D eigenvalue weighted by Crippen LogP contribution is 2.27. The van der Waals surface area contributed by atoms with Crippen LogP contribution in [0.25, 0.3) is 0 Å². The van der Waals surface area contributed by atoms with Crippen LogP contribution in [0.5, 0.6) is 11.5 Å². The van der Waals surface area contributed by atoms with Gasteiger partial charge in [-0.15, -0.1) is 0 Å². The lowest BCUT2D eigenvalue weighted by molar-refractivity contribution is -0.118. The van der Waals surface area contributed by atoms with Gasteiger partial charge in [0.05, 0.1) is 6.61 Å². The molecule has 0 bridgehead atoms. The van der Waals surface area contributed by atoms with Crippen molar-refractivity contribution < 1.29 is 14.3 Å². The highest BCUT2D eigenvalue weighted by atomic mass is 16.5. The van der Waals surface area contributed by atoms with Gasteiger partial charge in [-0.05, 0) is 60.7 Å². The van der Waals surface area contributed by atoms with Crippen LogP contribution in [0.15, 0.2) is 42.5 Å². The fourth-order valence-electron chi connectivity index (χ4n) is 2.76. The number of anilines is 1. The molecule has 4 nitrogen and oxygen atoms in total. The number of hydrogen-bond acceptors (Lipinski definition) is 3. The second kappa shape index (κ2) is 10.6. The molecule has 0 radical (unpaired) electrons. The SMILES string of the molecule is CCCCCOc1ccc(NC(=O)COc2cc(C)ccc2C(C)C)cc1. The summed E-state index contributed by atoms with van der Waals surface area (Å²) in [5, 5.41) is 2.86. The Kier molecular flexibility index (Phi) is 8.18. The van der Waals surface area contributed by atoms with Crippen LogP contribution in [0.1, 0.15) is 57.1 Å². The number of carbonyl (C=O) groups excluding carboxylic acids is 1. The van der Waals surface area contributed by atoms with Crippen LogP contribution >= 0.6 is 0 Å². The molecule has 1 amide bonds. The van der Waals surface area contributed by atoms with Crippen LogP contribution in [0, 0.1) is 6.92 Å². The molecule has 27 heavy (non-hydrogen) atoms. The third kappa shape index (κ3) is 6.97. The van der Waals surface area contributed by atoms with Crippen LogP contribution < -0.4 is 14.8 Å². The van der Waals surface area contributed by atoms with Gasteiger partial charge in [-0.3, -0.25) is 4.79 Å². The predicted molar refractivity (Wildman–Crippen MR) is 111 cm³/mol. The Balaban J connectivity index is 1.85.